The summed E-state index contributed by atoms with van der Waals surface area (Å²) in [5.74, 6) is 1.59. The minimum Gasteiger partial charge on any atom is -0.493 e. The van der Waals surface area contributed by atoms with E-state index in [0.717, 1.165) is 15.7 Å². The summed E-state index contributed by atoms with van der Waals surface area (Å²) in [5, 5.41) is 0. The molecule has 1 aliphatic heterocycles. The van der Waals surface area contributed by atoms with Gasteiger partial charge in [0.2, 0.25) is 5.75 Å². The maximum atomic E-state index is 13.1. The molecule has 9 heteroatoms. The largest absolute Gasteiger partial charge is 0.493 e. The van der Waals surface area contributed by atoms with E-state index < -0.39 is 0 Å². The van der Waals surface area contributed by atoms with Gasteiger partial charge in [-0.25, -0.2) is 4.99 Å². The molecule has 0 aliphatic carbocycles. The standard InChI is InChI=1S/C21H20BrN3O4S/c1-27-16-7-13(8-17(28-2)19(16)29-3)9-18-20(26)25-12-24(11-23-21(25)30-18)15-6-4-5-14(22)10-15/h4-10H,11-12H2,1-3H3/b18-9-. The zero-order valence-corrected chi connectivity index (χ0v) is 19.1. The molecule has 156 valence electrons. The number of ether oxygens (including phenoxy) is 3. The fourth-order valence-corrected chi connectivity index (χ4v) is 4.63. The SMILES string of the molecule is COc1cc(/C=c2\sc3n(c2=O)CN(c2cccc(Br)c2)CN=3)cc(OC)c1OC. The monoisotopic (exact) mass is 489 g/mol. The highest BCUT2D eigenvalue weighted by Gasteiger charge is 2.17. The summed E-state index contributed by atoms with van der Waals surface area (Å²) in [6.45, 7) is 0.952. The Bertz CT molecular complexity index is 1240. The van der Waals surface area contributed by atoms with Gasteiger partial charge in [0.1, 0.15) is 13.3 Å². The fraction of sp³-hybridized carbons (Fsp3) is 0.238. The predicted molar refractivity (Wildman–Crippen MR) is 121 cm³/mol. The Labute approximate surface area is 185 Å². The van der Waals surface area contributed by atoms with Crippen LogP contribution in [0.5, 0.6) is 17.2 Å². The maximum Gasteiger partial charge on any atom is 0.271 e. The average molecular weight is 490 g/mol. The molecule has 4 rings (SSSR count). The van der Waals surface area contributed by atoms with Gasteiger partial charge in [-0.2, -0.15) is 0 Å². The summed E-state index contributed by atoms with van der Waals surface area (Å²) < 4.78 is 19.5. The third-order valence-electron chi connectivity index (χ3n) is 4.74. The van der Waals surface area contributed by atoms with E-state index in [9.17, 15) is 4.79 Å². The summed E-state index contributed by atoms with van der Waals surface area (Å²) in [7, 11) is 4.69. The van der Waals surface area contributed by atoms with Crippen molar-refractivity contribution in [1.29, 1.82) is 0 Å². The maximum absolute atomic E-state index is 13.1. The van der Waals surface area contributed by atoms with Crippen LogP contribution in [-0.2, 0) is 6.67 Å². The molecule has 2 aromatic carbocycles. The van der Waals surface area contributed by atoms with Crippen molar-refractivity contribution in [2.24, 2.45) is 4.99 Å². The third kappa shape index (κ3) is 3.82. The Hall–Kier alpha value is -2.78. The molecule has 30 heavy (non-hydrogen) atoms. The van der Waals surface area contributed by atoms with Crippen LogP contribution in [0.1, 0.15) is 5.56 Å². The second-order valence-electron chi connectivity index (χ2n) is 6.55. The first-order valence-corrected chi connectivity index (χ1v) is 10.7. The van der Waals surface area contributed by atoms with Crippen LogP contribution in [0.15, 0.2) is 50.7 Å². The van der Waals surface area contributed by atoms with Crippen molar-refractivity contribution in [1.82, 2.24) is 4.57 Å². The van der Waals surface area contributed by atoms with Gasteiger partial charge in [0.05, 0.1) is 25.9 Å². The summed E-state index contributed by atoms with van der Waals surface area (Å²) in [6, 6.07) is 11.6. The number of rotatable bonds is 5. The molecule has 3 aromatic rings. The van der Waals surface area contributed by atoms with Crippen molar-refractivity contribution < 1.29 is 14.2 Å². The van der Waals surface area contributed by atoms with Crippen molar-refractivity contribution in [3.05, 3.63) is 66.1 Å². The molecule has 0 fully saturated rings. The number of hydrogen-bond donors (Lipinski definition) is 0. The molecule has 0 saturated heterocycles. The summed E-state index contributed by atoms with van der Waals surface area (Å²) in [5.41, 5.74) is 1.71. The lowest BCUT2D eigenvalue weighted by Crippen LogP contribution is -2.42. The van der Waals surface area contributed by atoms with Crippen LogP contribution in [0.3, 0.4) is 0 Å². The number of fused-ring (bicyclic) bond motifs is 1. The highest BCUT2D eigenvalue weighted by Crippen LogP contribution is 2.38. The van der Waals surface area contributed by atoms with Gasteiger partial charge in [-0.15, -0.1) is 0 Å². The minimum atomic E-state index is -0.0767. The van der Waals surface area contributed by atoms with E-state index in [4.69, 9.17) is 14.2 Å². The van der Waals surface area contributed by atoms with Gasteiger partial charge in [-0.3, -0.25) is 9.36 Å². The molecule has 0 bridgehead atoms. The number of aromatic nitrogens is 1. The van der Waals surface area contributed by atoms with Crippen molar-refractivity contribution in [3.63, 3.8) is 0 Å². The van der Waals surface area contributed by atoms with E-state index in [1.807, 2.05) is 42.5 Å². The van der Waals surface area contributed by atoms with Gasteiger partial charge in [0, 0.05) is 10.2 Å². The quantitative estimate of drug-likeness (QED) is 0.550. The number of benzene rings is 2. The average Bonchev–Trinajstić information content (AvgIpc) is 3.07. The van der Waals surface area contributed by atoms with E-state index in [1.54, 1.807) is 25.9 Å². The van der Waals surface area contributed by atoms with Crippen LogP contribution < -0.4 is 34.0 Å². The van der Waals surface area contributed by atoms with Crippen LogP contribution in [0.2, 0.25) is 0 Å². The Morgan fingerprint density at radius 1 is 1.10 bits per heavy atom. The molecule has 0 radical (unpaired) electrons. The third-order valence-corrected chi connectivity index (χ3v) is 6.27. The van der Waals surface area contributed by atoms with Gasteiger partial charge in [0.25, 0.3) is 5.56 Å². The van der Waals surface area contributed by atoms with Crippen molar-refractivity contribution >= 4 is 39.0 Å². The normalized spacial score (nSPS) is 13.6. The first kappa shape index (κ1) is 20.5. The Morgan fingerprint density at radius 3 is 2.47 bits per heavy atom. The van der Waals surface area contributed by atoms with Crippen LogP contribution in [0, 0.1) is 0 Å². The summed E-state index contributed by atoms with van der Waals surface area (Å²) >= 11 is 4.87. The van der Waals surface area contributed by atoms with E-state index in [0.29, 0.717) is 39.9 Å². The van der Waals surface area contributed by atoms with Gasteiger partial charge >= 0.3 is 0 Å². The number of thiazole rings is 1. The lowest BCUT2D eigenvalue weighted by atomic mass is 10.1. The van der Waals surface area contributed by atoms with E-state index >= 15 is 0 Å². The summed E-state index contributed by atoms with van der Waals surface area (Å²) in [4.78, 5) is 20.4. The first-order chi connectivity index (χ1) is 14.5. The fourth-order valence-electron chi connectivity index (χ4n) is 3.28. The molecule has 1 aliphatic rings. The zero-order valence-electron chi connectivity index (χ0n) is 16.7. The number of hydrogen-bond acceptors (Lipinski definition) is 7. The molecule has 0 N–H and O–H groups in total. The van der Waals surface area contributed by atoms with E-state index in [1.165, 1.54) is 11.3 Å². The Balaban J connectivity index is 1.74. The van der Waals surface area contributed by atoms with Crippen molar-refractivity contribution in [2.75, 3.05) is 32.9 Å². The highest BCUT2D eigenvalue weighted by molar-refractivity contribution is 9.10. The van der Waals surface area contributed by atoms with Gasteiger partial charge < -0.3 is 19.1 Å². The van der Waals surface area contributed by atoms with Gasteiger partial charge in [-0.05, 0) is 42.0 Å². The van der Waals surface area contributed by atoms with Gasteiger partial charge in [0.15, 0.2) is 16.3 Å². The van der Waals surface area contributed by atoms with Crippen LogP contribution in [-0.4, -0.2) is 32.6 Å². The second-order valence-corrected chi connectivity index (χ2v) is 8.47. The molecule has 0 spiro atoms. The summed E-state index contributed by atoms with van der Waals surface area (Å²) in [6.07, 6.45) is 1.82. The lowest BCUT2D eigenvalue weighted by Gasteiger charge is -2.25. The number of methoxy groups -OCH3 is 3. The Morgan fingerprint density at radius 2 is 1.83 bits per heavy atom. The lowest BCUT2D eigenvalue weighted by molar-refractivity contribution is 0.324. The number of nitrogens with zero attached hydrogens (tertiary/aromatic N) is 3. The second kappa shape index (κ2) is 8.53. The van der Waals surface area contributed by atoms with Crippen LogP contribution in [0.25, 0.3) is 6.08 Å². The van der Waals surface area contributed by atoms with Crippen molar-refractivity contribution in [2.45, 2.75) is 6.67 Å². The van der Waals surface area contributed by atoms with E-state index in [-0.39, 0.29) is 5.56 Å². The van der Waals surface area contributed by atoms with Crippen LogP contribution in [0.4, 0.5) is 5.69 Å². The van der Waals surface area contributed by atoms with Crippen molar-refractivity contribution in [3.8, 4) is 17.2 Å². The predicted octanol–water partition coefficient (Wildman–Crippen LogP) is 2.58. The highest BCUT2D eigenvalue weighted by atomic mass is 79.9. The molecule has 0 amide bonds. The minimum absolute atomic E-state index is 0.0767. The molecule has 0 saturated carbocycles. The van der Waals surface area contributed by atoms with E-state index in [2.05, 4.69) is 25.8 Å². The Kier molecular flexibility index (Phi) is 5.83. The molecule has 1 aromatic heterocycles. The van der Waals surface area contributed by atoms with Gasteiger partial charge in [-0.1, -0.05) is 33.3 Å². The topological polar surface area (TPSA) is 65.3 Å². The molecular formula is C21H20BrN3O4S. The molecule has 0 atom stereocenters. The molecular weight excluding hydrogens is 470 g/mol. The molecule has 7 nitrogen and oxygen atoms in total. The first-order valence-electron chi connectivity index (χ1n) is 9.10. The number of anilines is 1. The molecule has 2 heterocycles. The zero-order chi connectivity index (χ0) is 21.3. The molecule has 0 unspecified atom stereocenters. The van der Waals surface area contributed by atoms with Crippen LogP contribution >= 0.6 is 27.3 Å². The smallest absolute Gasteiger partial charge is 0.271 e. The number of halogens is 1.